The molecule has 4 rings (SSSR count). The minimum atomic E-state index is -4.68. The molecule has 0 aliphatic heterocycles. The predicted octanol–water partition coefficient (Wildman–Crippen LogP) is 7.29. The highest BCUT2D eigenvalue weighted by molar-refractivity contribution is 6.37. The second kappa shape index (κ2) is 8.96. The molecule has 1 heterocycles. The van der Waals surface area contributed by atoms with Gasteiger partial charge < -0.3 is 9.84 Å². The number of rotatable bonds is 5. The van der Waals surface area contributed by atoms with E-state index in [2.05, 4.69) is 5.10 Å². The molecule has 0 radical (unpaired) electrons. The van der Waals surface area contributed by atoms with Crippen LogP contribution in [0.2, 0.25) is 10.0 Å². The Morgan fingerprint density at radius 3 is 2.24 bits per heavy atom. The Morgan fingerprint density at radius 2 is 1.61 bits per heavy atom. The predicted molar refractivity (Wildman–Crippen MR) is 116 cm³/mol. The van der Waals surface area contributed by atoms with Crippen molar-refractivity contribution in [2.45, 2.75) is 12.8 Å². The summed E-state index contributed by atoms with van der Waals surface area (Å²) < 4.78 is 60.1. The fourth-order valence-electron chi connectivity index (χ4n) is 3.17. The van der Waals surface area contributed by atoms with Gasteiger partial charge in [0.05, 0.1) is 15.7 Å². The van der Waals surface area contributed by atoms with Gasteiger partial charge in [-0.25, -0.2) is 9.07 Å². The first-order chi connectivity index (χ1) is 15.6. The van der Waals surface area contributed by atoms with Crippen molar-refractivity contribution in [3.8, 4) is 28.3 Å². The lowest BCUT2D eigenvalue weighted by Gasteiger charge is -2.12. The van der Waals surface area contributed by atoms with Gasteiger partial charge in [-0.2, -0.15) is 18.3 Å². The summed E-state index contributed by atoms with van der Waals surface area (Å²) in [6.07, 6.45) is -4.68. The van der Waals surface area contributed by atoms with E-state index in [0.717, 1.165) is 16.8 Å². The molecule has 3 aromatic carbocycles. The number of halogens is 6. The number of benzene rings is 3. The summed E-state index contributed by atoms with van der Waals surface area (Å²) in [4.78, 5) is 0. The van der Waals surface area contributed by atoms with E-state index >= 15 is 0 Å². The van der Waals surface area contributed by atoms with Crippen molar-refractivity contribution in [1.82, 2.24) is 9.78 Å². The number of alkyl halides is 3. The van der Waals surface area contributed by atoms with E-state index in [4.69, 9.17) is 27.9 Å². The molecule has 33 heavy (non-hydrogen) atoms. The molecule has 1 N–H and O–H groups in total. The fourth-order valence-corrected chi connectivity index (χ4v) is 3.73. The molecule has 0 saturated heterocycles. The molecule has 1 aromatic heterocycles. The number of hydrogen-bond donors (Lipinski definition) is 1. The van der Waals surface area contributed by atoms with E-state index in [1.807, 2.05) is 0 Å². The highest BCUT2D eigenvalue weighted by atomic mass is 35.5. The Kier molecular flexibility index (Phi) is 6.23. The smallest absolute Gasteiger partial charge is 0.435 e. The lowest BCUT2D eigenvalue weighted by atomic mass is 10.0. The second-order valence-electron chi connectivity index (χ2n) is 6.98. The van der Waals surface area contributed by atoms with Crippen LogP contribution in [0.4, 0.5) is 17.6 Å². The minimum Gasteiger partial charge on any atom is -0.507 e. The van der Waals surface area contributed by atoms with Crippen LogP contribution >= 0.6 is 23.2 Å². The molecular weight excluding hydrogens is 483 g/mol. The Balaban J connectivity index is 1.62. The molecule has 4 nitrogen and oxygen atoms in total. The van der Waals surface area contributed by atoms with E-state index in [0.29, 0.717) is 16.9 Å². The van der Waals surface area contributed by atoms with Gasteiger partial charge in [0, 0.05) is 5.56 Å². The summed E-state index contributed by atoms with van der Waals surface area (Å²) in [5, 5.41) is 13.8. The van der Waals surface area contributed by atoms with Crippen molar-refractivity contribution in [2.24, 2.45) is 0 Å². The quantitative estimate of drug-likeness (QED) is 0.295. The van der Waals surface area contributed by atoms with Crippen molar-refractivity contribution >= 4 is 23.2 Å². The van der Waals surface area contributed by atoms with Crippen LogP contribution in [-0.4, -0.2) is 14.9 Å². The zero-order valence-corrected chi connectivity index (χ0v) is 18.1. The second-order valence-corrected chi connectivity index (χ2v) is 7.79. The van der Waals surface area contributed by atoms with Crippen LogP contribution in [0.5, 0.6) is 11.5 Å². The van der Waals surface area contributed by atoms with Gasteiger partial charge in [0.15, 0.2) is 5.69 Å². The van der Waals surface area contributed by atoms with Crippen molar-refractivity contribution < 1.29 is 27.4 Å². The Hall–Kier alpha value is -3.23. The summed E-state index contributed by atoms with van der Waals surface area (Å²) in [7, 11) is 0. The maximum Gasteiger partial charge on any atom is 0.435 e. The van der Waals surface area contributed by atoms with Crippen LogP contribution in [0.15, 0.2) is 66.7 Å². The number of aromatic hydroxyl groups is 1. The number of ether oxygens (including phenoxy) is 1. The Morgan fingerprint density at radius 1 is 0.939 bits per heavy atom. The maximum absolute atomic E-state index is 13.5. The summed E-state index contributed by atoms with van der Waals surface area (Å²) in [5.74, 6) is -0.262. The first-order valence-electron chi connectivity index (χ1n) is 9.46. The van der Waals surface area contributed by atoms with E-state index < -0.39 is 17.7 Å². The van der Waals surface area contributed by atoms with Crippen LogP contribution in [0.3, 0.4) is 0 Å². The van der Waals surface area contributed by atoms with E-state index in [9.17, 15) is 22.7 Å². The van der Waals surface area contributed by atoms with Gasteiger partial charge in [0.1, 0.15) is 29.6 Å². The lowest BCUT2D eigenvalue weighted by molar-refractivity contribution is -0.141. The normalized spacial score (nSPS) is 11.6. The zero-order valence-electron chi connectivity index (χ0n) is 16.6. The number of aromatic nitrogens is 2. The molecule has 0 aliphatic rings. The van der Waals surface area contributed by atoms with Crippen LogP contribution in [-0.2, 0) is 12.8 Å². The average molecular weight is 497 g/mol. The lowest BCUT2D eigenvalue weighted by Crippen LogP contribution is -2.09. The number of phenols is 1. The third-order valence-electron chi connectivity index (χ3n) is 4.73. The highest BCUT2D eigenvalue weighted by Crippen LogP contribution is 2.34. The summed E-state index contributed by atoms with van der Waals surface area (Å²) >= 11 is 12.3. The van der Waals surface area contributed by atoms with Gasteiger partial charge >= 0.3 is 6.18 Å². The van der Waals surface area contributed by atoms with E-state index in [1.165, 1.54) is 24.3 Å². The first-order valence-corrected chi connectivity index (χ1v) is 10.2. The molecule has 0 spiro atoms. The fraction of sp³-hybridized carbons (Fsp3) is 0.0870. The van der Waals surface area contributed by atoms with E-state index in [-0.39, 0.29) is 33.8 Å². The monoisotopic (exact) mass is 496 g/mol. The maximum atomic E-state index is 13.5. The van der Waals surface area contributed by atoms with Gasteiger partial charge in [-0.05, 0) is 54.1 Å². The van der Waals surface area contributed by atoms with Crippen molar-refractivity contribution in [3.63, 3.8) is 0 Å². The Labute approximate surface area is 195 Å². The molecule has 0 aliphatic carbocycles. The van der Waals surface area contributed by atoms with Gasteiger partial charge in [-0.3, -0.25) is 0 Å². The number of para-hydroxylation sites is 1. The summed E-state index contributed by atoms with van der Waals surface area (Å²) in [6, 6.07) is 15.3. The molecule has 0 amide bonds. The van der Waals surface area contributed by atoms with Crippen LogP contribution in [0.25, 0.3) is 16.8 Å². The summed E-state index contributed by atoms with van der Waals surface area (Å²) in [6.45, 7) is -0.269. The molecule has 0 atom stereocenters. The molecule has 4 aromatic rings. The van der Waals surface area contributed by atoms with Gasteiger partial charge in [-0.1, -0.05) is 41.4 Å². The van der Waals surface area contributed by atoms with Crippen molar-refractivity contribution in [3.05, 3.63) is 94.0 Å². The number of phenolic OH excluding ortho intramolecular Hbond substituents is 1. The van der Waals surface area contributed by atoms with Crippen LogP contribution in [0.1, 0.15) is 11.4 Å². The molecule has 0 fully saturated rings. The standard InChI is InChI=1S/C23H14Cl2F4N2O2/c24-18-2-1-3-19(25)22(18)31-15(11-21(30-31)23(27,28)29)12-33-16-7-4-13(5-8-16)17-10-14(26)6-9-20(17)32/h1-11,32H,12H2. The van der Waals surface area contributed by atoms with Gasteiger partial charge in [0.2, 0.25) is 0 Å². The van der Waals surface area contributed by atoms with Crippen molar-refractivity contribution in [2.75, 3.05) is 0 Å². The van der Waals surface area contributed by atoms with Crippen molar-refractivity contribution in [1.29, 1.82) is 0 Å². The largest absolute Gasteiger partial charge is 0.507 e. The Bertz CT molecular complexity index is 1280. The molecule has 0 saturated carbocycles. The highest BCUT2D eigenvalue weighted by Gasteiger charge is 2.35. The minimum absolute atomic E-state index is 0.0733. The van der Waals surface area contributed by atoms with Crippen LogP contribution < -0.4 is 4.74 Å². The first kappa shape index (κ1) is 22.9. The number of nitrogens with zero attached hydrogens (tertiary/aromatic N) is 2. The zero-order chi connectivity index (χ0) is 23.8. The molecule has 0 unspecified atom stereocenters. The van der Waals surface area contributed by atoms with E-state index in [1.54, 1.807) is 30.3 Å². The third kappa shape index (κ3) is 4.91. The third-order valence-corrected chi connectivity index (χ3v) is 5.34. The average Bonchev–Trinajstić information content (AvgIpc) is 3.19. The van der Waals surface area contributed by atoms with Crippen LogP contribution in [0, 0.1) is 5.82 Å². The van der Waals surface area contributed by atoms with Gasteiger partial charge in [0.25, 0.3) is 0 Å². The molecular formula is C23H14Cl2F4N2O2. The molecule has 0 bridgehead atoms. The summed E-state index contributed by atoms with van der Waals surface area (Å²) in [5.41, 5.74) is -0.112. The van der Waals surface area contributed by atoms with Gasteiger partial charge in [-0.15, -0.1) is 0 Å². The SMILES string of the molecule is Oc1ccc(F)cc1-c1ccc(OCc2cc(C(F)(F)F)nn2-c2c(Cl)cccc2Cl)cc1. The molecule has 10 heteroatoms. The molecule has 170 valence electrons. The topological polar surface area (TPSA) is 47.3 Å². The number of hydrogen-bond acceptors (Lipinski definition) is 3.